The average molecular weight is 252 g/mol. The lowest BCUT2D eigenvalue weighted by atomic mass is 10.1. The molecule has 2 rings (SSSR count). The predicted octanol–water partition coefficient (Wildman–Crippen LogP) is 0.795. The lowest BCUT2D eigenvalue weighted by Crippen LogP contribution is -2.30. The molecule has 0 aliphatic carbocycles. The van der Waals surface area contributed by atoms with Crippen LogP contribution in [0.3, 0.4) is 0 Å². The van der Waals surface area contributed by atoms with Crippen molar-refractivity contribution >= 4 is 11.7 Å². The first-order chi connectivity index (χ1) is 8.66. The number of aromatic nitrogens is 1. The molecule has 1 aliphatic heterocycles. The largest absolute Gasteiger partial charge is 0.358 e. The van der Waals surface area contributed by atoms with E-state index in [2.05, 4.69) is 15.6 Å². The van der Waals surface area contributed by atoms with Gasteiger partial charge in [0.1, 0.15) is 0 Å². The summed E-state index contributed by atoms with van der Waals surface area (Å²) in [4.78, 5) is 24.0. The maximum atomic E-state index is 11.7. The molecule has 1 atom stereocenters. The Kier molecular flexibility index (Phi) is 3.93. The first-order valence-corrected chi connectivity index (χ1v) is 6.02. The van der Waals surface area contributed by atoms with E-state index in [1.165, 1.54) is 18.6 Å². The molecule has 98 valence electrons. The Morgan fingerprint density at radius 1 is 1.56 bits per heavy atom. The van der Waals surface area contributed by atoms with E-state index >= 15 is 0 Å². The van der Waals surface area contributed by atoms with Gasteiger partial charge in [-0.15, -0.1) is 0 Å². The first kappa shape index (κ1) is 12.6. The van der Waals surface area contributed by atoms with Crippen LogP contribution >= 0.6 is 0 Å². The highest BCUT2D eigenvalue weighted by Crippen LogP contribution is 2.10. The van der Waals surface area contributed by atoms with Gasteiger partial charge in [0.15, 0.2) is 5.69 Å². The molecule has 3 N–H and O–H groups in total. The summed E-state index contributed by atoms with van der Waals surface area (Å²) in [5.41, 5.74) is 0.223. The zero-order valence-corrected chi connectivity index (χ0v) is 9.94. The molecule has 7 nitrogen and oxygen atoms in total. The highest BCUT2D eigenvalue weighted by Gasteiger charge is 2.17. The number of amides is 1. The van der Waals surface area contributed by atoms with Crippen molar-refractivity contribution in [3.8, 4) is 0 Å². The molecule has 0 bridgehead atoms. The monoisotopic (exact) mass is 252 g/mol. The number of H-pyrrole nitrogens is 1. The summed E-state index contributed by atoms with van der Waals surface area (Å²) in [6.07, 6.45) is 3.21. The van der Waals surface area contributed by atoms with E-state index in [0.29, 0.717) is 12.6 Å². The maximum absolute atomic E-state index is 11.7. The van der Waals surface area contributed by atoms with Crippen LogP contribution in [0.5, 0.6) is 0 Å². The second-order valence-corrected chi connectivity index (χ2v) is 4.35. The molecule has 1 aromatic rings. The van der Waals surface area contributed by atoms with Crippen molar-refractivity contribution in [2.75, 3.05) is 13.1 Å². The molecule has 0 spiro atoms. The summed E-state index contributed by atoms with van der Waals surface area (Å²) < 4.78 is 0. The Morgan fingerprint density at radius 2 is 2.39 bits per heavy atom. The Labute approximate surface area is 104 Å². The standard InChI is InChI=1S/C11H16N4O3/c16-11(9-3-4-10(14-9)15(17)18)13-7-5-8-2-1-6-12-8/h3-4,8,12,14H,1-2,5-7H2,(H,13,16). The van der Waals surface area contributed by atoms with Crippen LogP contribution in [0.15, 0.2) is 12.1 Å². The third kappa shape index (κ3) is 3.07. The molecular formula is C11H16N4O3. The van der Waals surface area contributed by atoms with Gasteiger partial charge in [0.25, 0.3) is 5.91 Å². The average Bonchev–Trinajstić information content (AvgIpc) is 2.99. The molecule has 1 aliphatic rings. The number of hydrogen-bond donors (Lipinski definition) is 3. The van der Waals surface area contributed by atoms with Crippen molar-refractivity contribution in [1.82, 2.24) is 15.6 Å². The second kappa shape index (κ2) is 5.63. The van der Waals surface area contributed by atoms with Crippen LogP contribution in [0.2, 0.25) is 0 Å². The predicted molar refractivity (Wildman–Crippen MR) is 65.4 cm³/mol. The van der Waals surface area contributed by atoms with Gasteiger partial charge in [0.2, 0.25) is 0 Å². The van der Waals surface area contributed by atoms with Crippen LogP contribution in [0, 0.1) is 10.1 Å². The molecule has 0 saturated carbocycles. The van der Waals surface area contributed by atoms with Gasteiger partial charge >= 0.3 is 5.82 Å². The minimum atomic E-state index is -0.556. The lowest BCUT2D eigenvalue weighted by molar-refractivity contribution is -0.389. The molecule has 1 amide bonds. The summed E-state index contributed by atoms with van der Waals surface area (Å²) in [5.74, 6) is -0.473. The first-order valence-electron chi connectivity index (χ1n) is 6.02. The van der Waals surface area contributed by atoms with E-state index in [0.717, 1.165) is 19.4 Å². The van der Waals surface area contributed by atoms with Crippen molar-refractivity contribution in [3.63, 3.8) is 0 Å². The summed E-state index contributed by atoms with van der Waals surface area (Å²) in [6, 6.07) is 3.18. The number of aromatic amines is 1. The molecular weight excluding hydrogens is 236 g/mol. The molecule has 1 saturated heterocycles. The van der Waals surface area contributed by atoms with Gasteiger partial charge in [-0.2, -0.15) is 0 Å². The Bertz CT molecular complexity index is 437. The number of rotatable bonds is 5. The highest BCUT2D eigenvalue weighted by molar-refractivity contribution is 5.92. The molecule has 18 heavy (non-hydrogen) atoms. The van der Waals surface area contributed by atoms with E-state index in [-0.39, 0.29) is 17.4 Å². The van der Waals surface area contributed by atoms with E-state index < -0.39 is 4.92 Å². The number of hydrogen-bond acceptors (Lipinski definition) is 4. The lowest BCUT2D eigenvalue weighted by Gasteiger charge is -2.09. The smallest absolute Gasteiger partial charge is 0.321 e. The fourth-order valence-corrected chi connectivity index (χ4v) is 2.08. The molecule has 7 heteroatoms. The van der Waals surface area contributed by atoms with Crippen molar-refractivity contribution in [2.45, 2.75) is 25.3 Å². The van der Waals surface area contributed by atoms with E-state index in [4.69, 9.17) is 0 Å². The quantitative estimate of drug-likeness (QED) is 0.533. The number of carbonyl (C=O) groups is 1. The summed E-state index contributed by atoms with van der Waals surface area (Å²) >= 11 is 0. The minimum Gasteiger partial charge on any atom is -0.358 e. The zero-order chi connectivity index (χ0) is 13.0. The van der Waals surface area contributed by atoms with Crippen LogP contribution in [-0.2, 0) is 0 Å². The van der Waals surface area contributed by atoms with E-state index in [1.807, 2.05) is 0 Å². The van der Waals surface area contributed by atoms with Gasteiger partial charge in [-0.3, -0.25) is 4.79 Å². The molecule has 1 fully saturated rings. The van der Waals surface area contributed by atoms with Crippen LogP contribution in [0.25, 0.3) is 0 Å². The van der Waals surface area contributed by atoms with Crippen LogP contribution < -0.4 is 10.6 Å². The van der Waals surface area contributed by atoms with Crippen LogP contribution in [-0.4, -0.2) is 34.9 Å². The Hall–Kier alpha value is -1.89. The van der Waals surface area contributed by atoms with Gasteiger partial charge in [-0.1, -0.05) is 0 Å². The molecule has 0 aromatic carbocycles. The number of nitrogens with zero attached hydrogens (tertiary/aromatic N) is 1. The van der Waals surface area contributed by atoms with Crippen LogP contribution in [0.4, 0.5) is 5.82 Å². The number of carbonyl (C=O) groups excluding carboxylic acids is 1. The van der Waals surface area contributed by atoms with Gasteiger partial charge < -0.3 is 20.7 Å². The molecule has 1 aromatic heterocycles. The molecule has 2 heterocycles. The van der Waals surface area contributed by atoms with Crippen molar-refractivity contribution in [2.24, 2.45) is 0 Å². The minimum absolute atomic E-state index is 0.169. The molecule has 1 unspecified atom stereocenters. The summed E-state index contributed by atoms with van der Waals surface area (Å²) in [5, 5.41) is 16.5. The molecule has 0 radical (unpaired) electrons. The third-order valence-corrected chi connectivity index (χ3v) is 3.05. The van der Waals surface area contributed by atoms with E-state index in [9.17, 15) is 14.9 Å². The topological polar surface area (TPSA) is 100 Å². The van der Waals surface area contributed by atoms with Gasteiger partial charge in [-0.25, -0.2) is 4.98 Å². The van der Waals surface area contributed by atoms with Gasteiger partial charge in [-0.05, 0) is 36.8 Å². The van der Waals surface area contributed by atoms with Crippen molar-refractivity contribution in [3.05, 3.63) is 27.9 Å². The summed E-state index contributed by atoms with van der Waals surface area (Å²) in [6.45, 7) is 1.62. The second-order valence-electron chi connectivity index (χ2n) is 4.35. The fraction of sp³-hybridized carbons (Fsp3) is 0.545. The number of nitro groups is 1. The summed E-state index contributed by atoms with van der Waals surface area (Å²) in [7, 11) is 0. The van der Waals surface area contributed by atoms with Gasteiger partial charge in [0, 0.05) is 18.7 Å². The highest BCUT2D eigenvalue weighted by atomic mass is 16.6. The van der Waals surface area contributed by atoms with Gasteiger partial charge in [0.05, 0.1) is 0 Å². The van der Waals surface area contributed by atoms with Crippen LogP contribution in [0.1, 0.15) is 29.8 Å². The van der Waals surface area contributed by atoms with Crippen molar-refractivity contribution < 1.29 is 9.72 Å². The third-order valence-electron chi connectivity index (χ3n) is 3.05. The zero-order valence-electron chi connectivity index (χ0n) is 9.94. The van der Waals surface area contributed by atoms with Crippen molar-refractivity contribution in [1.29, 1.82) is 0 Å². The number of nitrogens with one attached hydrogen (secondary N) is 3. The Balaban J connectivity index is 1.77. The Morgan fingerprint density at radius 3 is 3.00 bits per heavy atom. The fourth-order valence-electron chi connectivity index (χ4n) is 2.08. The normalized spacial score (nSPS) is 18.8. The maximum Gasteiger partial charge on any atom is 0.321 e. The van der Waals surface area contributed by atoms with E-state index in [1.54, 1.807) is 0 Å². The SMILES string of the molecule is O=C(NCCC1CCCN1)c1ccc([N+](=O)[O-])[nH]1.